The van der Waals surface area contributed by atoms with Crippen LogP contribution in [0, 0.1) is 0 Å². The van der Waals surface area contributed by atoms with Crippen LogP contribution in [0.15, 0.2) is 45.5 Å². The van der Waals surface area contributed by atoms with Crippen LogP contribution < -0.4 is 4.74 Å². The zero-order valence-corrected chi connectivity index (χ0v) is 15.5. The second-order valence-corrected chi connectivity index (χ2v) is 6.65. The van der Waals surface area contributed by atoms with Crippen molar-refractivity contribution < 1.29 is 13.7 Å². The quantitative estimate of drug-likeness (QED) is 0.507. The van der Waals surface area contributed by atoms with Gasteiger partial charge in [-0.1, -0.05) is 31.1 Å². The Labute approximate surface area is 156 Å². The van der Waals surface area contributed by atoms with Crippen molar-refractivity contribution in [2.45, 2.75) is 32.6 Å². The van der Waals surface area contributed by atoms with E-state index in [1.165, 1.54) is 5.56 Å². The van der Waals surface area contributed by atoms with Crippen LogP contribution in [0.5, 0.6) is 5.75 Å². The lowest BCUT2D eigenvalue weighted by molar-refractivity contribution is 0.414. The Morgan fingerprint density at radius 2 is 1.89 bits per heavy atom. The normalized spacial score (nSPS) is 11.4. The lowest BCUT2D eigenvalue weighted by atomic mass is 10.1. The molecule has 0 amide bonds. The van der Waals surface area contributed by atoms with Crippen LogP contribution in [0.3, 0.4) is 0 Å². The largest absolute Gasteiger partial charge is 0.497 e. The predicted molar refractivity (Wildman–Crippen MR) is 99.6 cm³/mol. The molecule has 3 aromatic heterocycles. The number of nitrogens with zero attached hydrogens (tertiary/aromatic N) is 4. The summed E-state index contributed by atoms with van der Waals surface area (Å²) in [6.07, 6.45) is 3.14. The number of benzene rings is 1. The molecule has 0 saturated carbocycles. The van der Waals surface area contributed by atoms with E-state index in [4.69, 9.17) is 13.7 Å². The lowest BCUT2D eigenvalue weighted by Gasteiger charge is -2.01. The molecule has 0 atom stereocenters. The van der Waals surface area contributed by atoms with E-state index in [2.05, 4.69) is 34.2 Å². The number of aromatic nitrogens is 4. The Kier molecular flexibility index (Phi) is 4.58. The van der Waals surface area contributed by atoms with Gasteiger partial charge in [-0.15, -0.1) is 10.2 Å². The van der Waals surface area contributed by atoms with Crippen molar-refractivity contribution in [1.82, 2.24) is 20.3 Å². The number of ether oxygens (including phenoxy) is 1. The number of methoxy groups -OCH3 is 1. The molecule has 0 aliphatic heterocycles. The Hall–Kier alpha value is -3.22. The number of aryl methyl sites for hydroxylation is 2. The predicted octanol–water partition coefficient (Wildman–Crippen LogP) is 4.19. The van der Waals surface area contributed by atoms with E-state index in [-0.39, 0.29) is 5.92 Å². The Balaban J connectivity index is 1.51. The highest BCUT2D eigenvalue weighted by atomic mass is 16.5. The highest BCUT2D eigenvalue weighted by molar-refractivity contribution is 5.80. The third kappa shape index (κ3) is 3.53. The molecule has 4 rings (SSSR count). The number of rotatable bonds is 6. The average molecular weight is 364 g/mol. The topological polar surface area (TPSA) is 87.1 Å². The SMILES string of the molecule is COc1ccc(CCc2nnc(-c3cnc4onc(C(C)C)c4c3)o2)cc1. The van der Waals surface area contributed by atoms with Crippen LogP contribution in [0.2, 0.25) is 0 Å². The molecule has 7 heteroatoms. The summed E-state index contributed by atoms with van der Waals surface area (Å²) in [5.41, 5.74) is 3.33. The fraction of sp³-hybridized carbons (Fsp3) is 0.300. The molecule has 7 nitrogen and oxygen atoms in total. The number of pyridine rings is 1. The minimum atomic E-state index is 0.242. The maximum absolute atomic E-state index is 5.82. The van der Waals surface area contributed by atoms with Gasteiger partial charge in [0.15, 0.2) is 0 Å². The Bertz CT molecular complexity index is 1050. The van der Waals surface area contributed by atoms with Crippen molar-refractivity contribution in [2.75, 3.05) is 7.11 Å². The van der Waals surface area contributed by atoms with E-state index in [1.54, 1.807) is 13.3 Å². The first-order valence-corrected chi connectivity index (χ1v) is 8.85. The van der Waals surface area contributed by atoms with E-state index in [0.717, 1.165) is 28.8 Å². The highest BCUT2D eigenvalue weighted by Gasteiger charge is 2.16. The van der Waals surface area contributed by atoms with Crippen LogP contribution in [-0.4, -0.2) is 27.4 Å². The molecule has 138 valence electrons. The molecule has 0 N–H and O–H groups in total. The standard InChI is InChI=1S/C20H20N4O3/c1-12(2)18-16-10-14(11-21-20(16)27-24-18)19-23-22-17(26-19)9-6-13-4-7-15(25-3)8-5-13/h4-5,7-8,10-12H,6,9H2,1-3H3. The third-order valence-corrected chi connectivity index (χ3v) is 4.40. The summed E-state index contributed by atoms with van der Waals surface area (Å²) in [6, 6.07) is 9.90. The summed E-state index contributed by atoms with van der Waals surface area (Å²) < 4.78 is 16.3. The summed E-state index contributed by atoms with van der Waals surface area (Å²) in [5, 5.41) is 13.3. The van der Waals surface area contributed by atoms with E-state index >= 15 is 0 Å². The van der Waals surface area contributed by atoms with E-state index in [0.29, 0.717) is 23.9 Å². The van der Waals surface area contributed by atoms with Crippen LogP contribution in [-0.2, 0) is 12.8 Å². The summed E-state index contributed by atoms with van der Waals surface area (Å²) in [7, 11) is 1.66. The maximum Gasteiger partial charge on any atom is 0.257 e. The summed E-state index contributed by atoms with van der Waals surface area (Å²) in [4.78, 5) is 4.31. The molecule has 1 aromatic carbocycles. The smallest absolute Gasteiger partial charge is 0.257 e. The molecule has 0 unspecified atom stereocenters. The lowest BCUT2D eigenvalue weighted by Crippen LogP contribution is -1.92. The van der Waals surface area contributed by atoms with Gasteiger partial charge in [0.2, 0.25) is 11.8 Å². The first-order valence-electron chi connectivity index (χ1n) is 8.85. The van der Waals surface area contributed by atoms with Crippen LogP contribution in [0.1, 0.15) is 36.9 Å². The molecule has 0 saturated heterocycles. The first-order chi connectivity index (χ1) is 13.1. The maximum atomic E-state index is 5.82. The Morgan fingerprint density at radius 1 is 1.07 bits per heavy atom. The highest BCUT2D eigenvalue weighted by Crippen LogP contribution is 2.27. The minimum absolute atomic E-state index is 0.242. The number of hydrogen-bond acceptors (Lipinski definition) is 7. The van der Waals surface area contributed by atoms with Gasteiger partial charge in [-0.25, -0.2) is 4.98 Å². The molecule has 0 radical (unpaired) electrons. The Morgan fingerprint density at radius 3 is 2.63 bits per heavy atom. The van der Waals surface area contributed by atoms with E-state index < -0.39 is 0 Å². The second-order valence-electron chi connectivity index (χ2n) is 6.65. The summed E-state index contributed by atoms with van der Waals surface area (Å²) in [5.74, 6) is 2.13. The molecular weight excluding hydrogens is 344 g/mol. The van der Waals surface area contributed by atoms with Crippen molar-refractivity contribution in [3.63, 3.8) is 0 Å². The fourth-order valence-electron chi connectivity index (χ4n) is 2.90. The third-order valence-electron chi connectivity index (χ3n) is 4.40. The van der Waals surface area contributed by atoms with Crippen molar-refractivity contribution >= 4 is 11.1 Å². The fourth-order valence-corrected chi connectivity index (χ4v) is 2.90. The van der Waals surface area contributed by atoms with E-state index in [9.17, 15) is 0 Å². The van der Waals surface area contributed by atoms with Crippen molar-refractivity contribution in [3.05, 3.63) is 53.7 Å². The van der Waals surface area contributed by atoms with Gasteiger partial charge < -0.3 is 13.7 Å². The monoisotopic (exact) mass is 364 g/mol. The van der Waals surface area contributed by atoms with Crippen molar-refractivity contribution in [3.8, 4) is 17.2 Å². The van der Waals surface area contributed by atoms with Gasteiger partial charge in [-0.3, -0.25) is 0 Å². The molecule has 0 bridgehead atoms. The van der Waals surface area contributed by atoms with Crippen molar-refractivity contribution in [2.24, 2.45) is 0 Å². The zero-order chi connectivity index (χ0) is 18.8. The number of fused-ring (bicyclic) bond motifs is 1. The molecule has 0 aliphatic carbocycles. The van der Waals surface area contributed by atoms with E-state index in [1.807, 2.05) is 30.3 Å². The molecular formula is C20H20N4O3. The summed E-state index contributed by atoms with van der Waals surface area (Å²) in [6.45, 7) is 4.13. The second kappa shape index (κ2) is 7.19. The average Bonchev–Trinajstić information content (AvgIpc) is 3.33. The minimum Gasteiger partial charge on any atom is -0.497 e. The van der Waals surface area contributed by atoms with Gasteiger partial charge in [-0.05, 0) is 36.1 Å². The van der Waals surface area contributed by atoms with Crippen molar-refractivity contribution in [1.29, 1.82) is 0 Å². The molecule has 27 heavy (non-hydrogen) atoms. The molecule has 0 fully saturated rings. The summed E-state index contributed by atoms with van der Waals surface area (Å²) >= 11 is 0. The number of hydrogen-bond donors (Lipinski definition) is 0. The van der Waals surface area contributed by atoms with Crippen LogP contribution in [0.4, 0.5) is 0 Å². The molecule has 4 aromatic rings. The van der Waals surface area contributed by atoms with Gasteiger partial charge in [0.25, 0.3) is 5.71 Å². The van der Waals surface area contributed by atoms with Gasteiger partial charge in [0.1, 0.15) is 5.75 Å². The van der Waals surface area contributed by atoms with Gasteiger partial charge in [0, 0.05) is 12.6 Å². The van der Waals surface area contributed by atoms with Crippen LogP contribution in [0.25, 0.3) is 22.6 Å². The molecule has 3 heterocycles. The molecule has 0 aliphatic rings. The van der Waals surface area contributed by atoms with Gasteiger partial charge >= 0.3 is 0 Å². The molecule has 0 spiro atoms. The van der Waals surface area contributed by atoms with Gasteiger partial charge in [-0.2, -0.15) is 0 Å². The first kappa shape index (κ1) is 17.2. The van der Waals surface area contributed by atoms with Crippen LogP contribution >= 0.6 is 0 Å². The zero-order valence-electron chi connectivity index (χ0n) is 15.5. The van der Waals surface area contributed by atoms with Gasteiger partial charge in [0.05, 0.1) is 23.8 Å².